The normalized spacial score (nSPS) is 23.8. The standard InChI is InChI=1S/C13H20N2O2/c1-5-13(14-3)11-6-7-15(4)12(8-11)9-17-10(2)16/h1,12,14H,6-9H2,2-4H3/b13-11-. The first-order valence-electron chi connectivity index (χ1n) is 5.78. The van der Waals surface area contributed by atoms with Gasteiger partial charge in [0.1, 0.15) is 6.61 Å². The molecule has 1 aliphatic heterocycles. The highest BCUT2D eigenvalue weighted by Gasteiger charge is 2.24. The molecular formula is C13H20N2O2. The molecule has 94 valence electrons. The Kier molecular flexibility index (Phi) is 5.05. The van der Waals surface area contributed by atoms with Crippen molar-refractivity contribution < 1.29 is 9.53 Å². The number of likely N-dealkylation sites (N-methyl/N-ethyl adjacent to an activating group) is 1. The van der Waals surface area contributed by atoms with E-state index in [1.807, 2.05) is 14.1 Å². The van der Waals surface area contributed by atoms with Gasteiger partial charge >= 0.3 is 5.97 Å². The van der Waals surface area contributed by atoms with Gasteiger partial charge in [-0.15, -0.1) is 6.42 Å². The SMILES string of the molecule is C#C/C(NC)=C1\CCN(C)C(COC(C)=O)C1. The lowest BCUT2D eigenvalue weighted by Gasteiger charge is -2.34. The summed E-state index contributed by atoms with van der Waals surface area (Å²) in [6, 6.07) is 0.222. The van der Waals surface area contributed by atoms with Crippen molar-refractivity contribution in [2.24, 2.45) is 0 Å². The molecule has 0 aliphatic carbocycles. The second-order valence-electron chi connectivity index (χ2n) is 4.26. The number of rotatable bonds is 3. The molecule has 0 spiro atoms. The number of hydrogen-bond acceptors (Lipinski definition) is 4. The van der Waals surface area contributed by atoms with Crippen LogP contribution in [-0.4, -0.2) is 44.2 Å². The lowest BCUT2D eigenvalue weighted by molar-refractivity contribution is -0.142. The van der Waals surface area contributed by atoms with E-state index in [-0.39, 0.29) is 12.0 Å². The number of piperidine rings is 1. The van der Waals surface area contributed by atoms with Crippen molar-refractivity contribution >= 4 is 5.97 Å². The van der Waals surface area contributed by atoms with Crippen molar-refractivity contribution in [3.8, 4) is 12.3 Å². The van der Waals surface area contributed by atoms with E-state index < -0.39 is 0 Å². The molecule has 0 amide bonds. The van der Waals surface area contributed by atoms with E-state index in [1.165, 1.54) is 12.5 Å². The third-order valence-electron chi connectivity index (χ3n) is 3.10. The molecule has 0 bridgehead atoms. The van der Waals surface area contributed by atoms with Crippen molar-refractivity contribution in [3.05, 3.63) is 11.3 Å². The molecule has 1 atom stereocenters. The molecule has 1 N–H and O–H groups in total. The molecule has 1 unspecified atom stereocenters. The molecule has 1 heterocycles. The first-order chi connectivity index (χ1) is 8.08. The van der Waals surface area contributed by atoms with Gasteiger partial charge in [0.05, 0.1) is 5.70 Å². The minimum Gasteiger partial charge on any atom is -0.464 e. The van der Waals surface area contributed by atoms with E-state index in [4.69, 9.17) is 11.2 Å². The zero-order valence-electron chi connectivity index (χ0n) is 10.7. The molecule has 17 heavy (non-hydrogen) atoms. The number of carbonyl (C=O) groups excluding carboxylic acids is 1. The molecule has 0 aromatic carbocycles. The molecular weight excluding hydrogens is 216 g/mol. The number of allylic oxidation sites excluding steroid dienone is 1. The fraction of sp³-hybridized carbons (Fsp3) is 0.615. The van der Waals surface area contributed by atoms with E-state index >= 15 is 0 Å². The van der Waals surface area contributed by atoms with Gasteiger partial charge in [-0.25, -0.2) is 0 Å². The molecule has 0 radical (unpaired) electrons. The Morgan fingerprint density at radius 2 is 2.41 bits per heavy atom. The lowest BCUT2D eigenvalue weighted by Crippen LogP contribution is -2.41. The average molecular weight is 236 g/mol. The predicted octanol–water partition coefficient (Wildman–Crippen LogP) is 0.750. The van der Waals surface area contributed by atoms with Crippen LogP contribution >= 0.6 is 0 Å². The topological polar surface area (TPSA) is 41.6 Å². The maximum Gasteiger partial charge on any atom is 0.302 e. The number of esters is 1. The average Bonchev–Trinajstić information content (AvgIpc) is 2.30. The fourth-order valence-corrected chi connectivity index (χ4v) is 2.01. The van der Waals surface area contributed by atoms with Gasteiger partial charge < -0.3 is 10.1 Å². The highest BCUT2D eigenvalue weighted by molar-refractivity contribution is 5.65. The number of hydrogen-bond donors (Lipinski definition) is 1. The number of likely N-dealkylation sites (tertiary alicyclic amines) is 1. The number of carbonyl (C=O) groups is 1. The van der Waals surface area contributed by atoms with Crippen LogP contribution in [0.3, 0.4) is 0 Å². The van der Waals surface area contributed by atoms with Gasteiger partial charge in [-0.3, -0.25) is 9.69 Å². The lowest BCUT2D eigenvalue weighted by atomic mass is 9.95. The van der Waals surface area contributed by atoms with Crippen molar-refractivity contribution in [2.45, 2.75) is 25.8 Å². The maximum absolute atomic E-state index is 10.8. The Bertz CT molecular complexity index is 355. The molecule has 4 heteroatoms. The van der Waals surface area contributed by atoms with Gasteiger partial charge in [0.15, 0.2) is 0 Å². The zero-order valence-corrected chi connectivity index (χ0v) is 10.7. The van der Waals surface area contributed by atoms with E-state index in [2.05, 4.69) is 16.1 Å². The van der Waals surface area contributed by atoms with Crippen molar-refractivity contribution in [1.29, 1.82) is 0 Å². The van der Waals surface area contributed by atoms with Crippen LogP contribution in [-0.2, 0) is 9.53 Å². The number of nitrogens with one attached hydrogen (secondary N) is 1. The zero-order chi connectivity index (χ0) is 12.8. The van der Waals surface area contributed by atoms with E-state index in [0.717, 1.165) is 25.1 Å². The molecule has 0 aromatic heterocycles. The molecule has 1 fully saturated rings. The minimum atomic E-state index is -0.236. The van der Waals surface area contributed by atoms with Gasteiger partial charge in [-0.2, -0.15) is 0 Å². The summed E-state index contributed by atoms with van der Waals surface area (Å²) in [6.45, 7) is 2.80. The number of nitrogens with zero attached hydrogens (tertiary/aromatic N) is 1. The van der Waals surface area contributed by atoms with Crippen LogP contribution in [0.25, 0.3) is 0 Å². The van der Waals surface area contributed by atoms with E-state index in [0.29, 0.717) is 6.61 Å². The quantitative estimate of drug-likeness (QED) is 0.580. The summed E-state index contributed by atoms with van der Waals surface area (Å²) in [5.41, 5.74) is 2.11. The summed E-state index contributed by atoms with van der Waals surface area (Å²) in [7, 11) is 3.88. The smallest absolute Gasteiger partial charge is 0.302 e. The van der Waals surface area contributed by atoms with Crippen LogP contribution in [0, 0.1) is 12.3 Å². The van der Waals surface area contributed by atoms with E-state index in [9.17, 15) is 4.79 Å². The Balaban J connectivity index is 2.68. The van der Waals surface area contributed by atoms with Gasteiger partial charge in [-0.1, -0.05) is 5.92 Å². The molecule has 0 aromatic rings. The minimum absolute atomic E-state index is 0.222. The Labute approximate surface area is 103 Å². The van der Waals surface area contributed by atoms with Crippen LogP contribution in [0.15, 0.2) is 11.3 Å². The fourth-order valence-electron chi connectivity index (χ4n) is 2.01. The van der Waals surface area contributed by atoms with Gasteiger partial charge in [0.25, 0.3) is 0 Å². The highest BCUT2D eigenvalue weighted by Crippen LogP contribution is 2.23. The number of terminal acetylenes is 1. The summed E-state index contributed by atoms with van der Waals surface area (Å²) in [6.07, 6.45) is 7.26. The highest BCUT2D eigenvalue weighted by atomic mass is 16.5. The van der Waals surface area contributed by atoms with Gasteiger partial charge in [0.2, 0.25) is 0 Å². The molecule has 0 saturated carbocycles. The second-order valence-corrected chi connectivity index (χ2v) is 4.26. The molecule has 4 nitrogen and oxygen atoms in total. The summed E-state index contributed by atoms with van der Waals surface area (Å²) in [4.78, 5) is 13.0. The van der Waals surface area contributed by atoms with Crippen molar-refractivity contribution in [3.63, 3.8) is 0 Å². The summed E-state index contributed by atoms with van der Waals surface area (Å²) < 4.78 is 5.07. The van der Waals surface area contributed by atoms with Gasteiger partial charge in [-0.05, 0) is 25.5 Å². The number of ether oxygens (including phenoxy) is 1. The third kappa shape index (κ3) is 3.79. The molecule has 1 saturated heterocycles. The Hall–Kier alpha value is -1.47. The van der Waals surface area contributed by atoms with Crippen molar-refractivity contribution in [2.75, 3.05) is 27.2 Å². The van der Waals surface area contributed by atoms with E-state index in [1.54, 1.807) is 0 Å². The second kappa shape index (κ2) is 6.31. The molecule has 1 aliphatic rings. The van der Waals surface area contributed by atoms with Crippen LogP contribution in [0.2, 0.25) is 0 Å². The molecule has 1 rings (SSSR count). The van der Waals surface area contributed by atoms with Gasteiger partial charge in [0, 0.05) is 26.6 Å². The summed E-state index contributed by atoms with van der Waals surface area (Å²) in [5.74, 6) is 2.43. The first-order valence-corrected chi connectivity index (χ1v) is 5.78. The largest absolute Gasteiger partial charge is 0.464 e. The van der Waals surface area contributed by atoms with Crippen LogP contribution < -0.4 is 5.32 Å². The maximum atomic E-state index is 10.8. The Morgan fingerprint density at radius 3 is 2.94 bits per heavy atom. The third-order valence-corrected chi connectivity index (χ3v) is 3.10. The monoisotopic (exact) mass is 236 g/mol. The first kappa shape index (κ1) is 13.6. The van der Waals surface area contributed by atoms with Crippen LogP contribution in [0.5, 0.6) is 0 Å². The summed E-state index contributed by atoms with van der Waals surface area (Å²) in [5, 5.41) is 3.04. The van der Waals surface area contributed by atoms with Crippen molar-refractivity contribution in [1.82, 2.24) is 10.2 Å². The Morgan fingerprint density at radius 1 is 1.71 bits per heavy atom. The summed E-state index contributed by atoms with van der Waals surface area (Å²) >= 11 is 0. The van der Waals surface area contributed by atoms with Crippen LogP contribution in [0.4, 0.5) is 0 Å². The predicted molar refractivity (Wildman–Crippen MR) is 67.2 cm³/mol. The van der Waals surface area contributed by atoms with Crippen LogP contribution in [0.1, 0.15) is 19.8 Å².